The van der Waals surface area contributed by atoms with Crippen LogP contribution in [0.3, 0.4) is 0 Å². The summed E-state index contributed by atoms with van der Waals surface area (Å²) in [6.07, 6.45) is -89.8. The summed E-state index contributed by atoms with van der Waals surface area (Å²) in [6.45, 7) is -1.91. The van der Waals surface area contributed by atoms with Crippen molar-refractivity contribution in [3.8, 4) is 0 Å². The molecule has 3 aromatic carbocycles. The fourth-order valence-corrected chi connectivity index (χ4v) is 19.9. The number of nitrogens with one attached hydrogen (secondary N) is 6. The van der Waals surface area contributed by atoms with Gasteiger partial charge in [0.1, 0.15) is 231 Å². The van der Waals surface area contributed by atoms with Gasteiger partial charge in [0.25, 0.3) is 0 Å². The molecule has 46 atom stereocenters. The normalized spacial score (nSPS) is 40.5. The number of hydrogen-bond donors (Lipinski definition) is 30. The molecular formula is C90H132N6O49S. The van der Waals surface area contributed by atoms with E-state index in [1.54, 1.807) is 112 Å². The summed E-state index contributed by atoms with van der Waals surface area (Å²) in [4.78, 5) is 97.0. The van der Waals surface area contributed by atoms with Crippen molar-refractivity contribution < 1.29 is 241 Å². The minimum atomic E-state index is -2.66. The molecule has 0 spiro atoms. The highest BCUT2D eigenvalue weighted by Gasteiger charge is 2.62. The topological polar surface area (TPSA) is 843 Å². The van der Waals surface area contributed by atoms with Crippen molar-refractivity contribution in [2.24, 2.45) is 0 Å². The first-order valence-corrected chi connectivity index (χ1v) is 47.7. The Kier molecular flexibility index (Phi) is 41.7. The number of carbonyl (C=O) groups excluding carboxylic acids is 7. The Labute approximate surface area is 836 Å². The van der Waals surface area contributed by atoms with Gasteiger partial charge in [0, 0.05) is 27.7 Å². The van der Waals surface area contributed by atoms with Crippen molar-refractivity contribution in [2.75, 3.05) is 59.5 Å². The molecule has 3 aromatic rings. The molecule has 9 fully saturated rings. The molecule has 9 saturated heterocycles. The van der Waals surface area contributed by atoms with E-state index < -0.39 is 399 Å². The minimum Gasteiger partial charge on any atom is -0.444 e. The number of alkyl carbamates (subject to hydrolysis) is 1. The van der Waals surface area contributed by atoms with Crippen LogP contribution in [-0.4, -0.2) is 510 Å². The molecule has 30 N–H and O–H groups in total. The van der Waals surface area contributed by atoms with Gasteiger partial charge >= 0.3 is 6.09 Å². The lowest BCUT2D eigenvalue weighted by molar-refractivity contribution is -0.398. The molecule has 822 valence electrons. The SMILES string of the molecule is CC(=O)NC1C(NC(=O)C[C@H](NC(=O)OC(C)(C)C)C(=O)SC(c2ccccc2)(c2ccccc2)c2ccccc2)OC(CO)C(OC2OC(CO)C(OC3OC(COC4OC(CO)C(O)C(O)C4O[C@@H]4O[C@@H](CO)C(OC5OC(CO)C(O)C(O)C5O)C(O)C4NC(C)=O)C(O)C(O[C@H]4O[C@@H](CO)C(O)C(O)C4OC4OC(CO)C(OC5OC(CO)C(O)C(O)C5O)C(O)C4NC(C)=O)C3O)C(O)C2NC(C)=O)C1O. The Bertz CT molecular complexity index is 4560. The van der Waals surface area contributed by atoms with Gasteiger partial charge in [0.15, 0.2) is 56.5 Å². The molecule has 41 unspecified atom stereocenters. The first kappa shape index (κ1) is 117. The first-order chi connectivity index (χ1) is 69.3. The van der Waals surface area contributed by atoms with Crippen LogP contribution in [0.25, 0.3) is 0 Å². The van der Waals surface area contributed by atoms with Crippen molar-refractivity contribution >= 4 is 52.5 Å². The summed E-state index contributed by atoms with van der Waals surface area (Å²) < 4.78 is 107. The van der Waals surface area contributed by atoms with Crippen molar-refractivity contribution in [1.29, 1.82) is 0 Å². The van der Waals surface area contributed by atoms with Crippen LogP contribution in [0.4, 0.5) is 4.79 Å². The van der Waals surface area contributed by atoms with E-state index in [9.17, 15) is 151 Å². The first-order valence-electron chi connectivity index (χ1n) is 46.9. The van der Waals surface area contributed by atoms with Gasteiger partial charge in [-0.05, 0) is 37.5 Å². The van der Waals surface area contributed by atoms with Crippen molar-refractivity contribution in [1.82, 2.24) is 31.9 Å². The van der Waals surface area contributed by atoms with Gasteiger partial charge in [-0.15, -0.1) is 0 Å². The second-order valence-electron chi connectivity index (χ2n) is 37.4. The molecule has 9 aliphatic heterocycles. The summed E-state index contributed by atoms with van der Waals surface area (Å²) in [5.41, 5.74) is 0.667. The van der Waals surface area contributed by atoms with Gasteiger partial charge in [-0.1, -0.05) is 103 Å². The highest BCUT2D eigenvalue weighted by Crippen LogP contribution is 2.50. The van der Waals surface area contributed by atoms with Crippen LogP contribution >= 0.6 is 11.8 Å². The van der Waals surface area contributed by atoms with Gasteiger partial charge in [-0.2, -0.15) is 0 Å². The molecule has 0 saturated carbocycles. The predicted molar refractivity (Wildman–Crippen MR) is 479 cm³/mol. The molecule has 56 heteroatoms. The standard InChI is InChI=1S/C90H132N6O49S/c1-33(105)91-51-60(115)71(45(28-101)129-78(51)96-50(109)23-40(95-88(127)145-89(5,6)7)79(126)146-90(37-17-11-8-12-18-37,38-19-13-9-14-20-38)39-21-15-10-16-22-39)138-80-52(92-34(2)106)61(116)74(48(31-104)134-80)141-85-70(125)75(142-87-77(67(122)58(113)44(27-100)133-87)144-82-54(94-36(4)108)63(118)73(47(30-103)136-82)140-84-69(124)65(120)56(111)42(25-98)131-84)59(114)49(137-85)32-128-86-76(66(121)57(112)43(26-99)132-86)143-81-53(93-35(3)107)62(117)72(46(29-102)135-81)139-83-68(123)64(119)55(110)41(24-97)130-83/h8-22,40-49,51-78,80-87,97-104,110-125H,23-32H2,1-7H3,(H,91,105)(H,92,106)(H,93,107)(H,94,108)(H,95,127)(H,96,109)/t40-,41?,42?,43?,44-,45?,46-,47?,48?,49?,51?,52?,53?,54?,55?,56?,57?,58?,59?,60?,61?,62?,63?,64?,65?,66?,67?,68?,69?,70?,71?,72?,73?,74?,75?,76?,77?,78?,80?,81-,82?,83?,84?,85?,86?,87+/m0/s1. The lowest BCUT2D eigenvalue weighted by Gasteiger charge is -2.51. The number of amides is 6. The van der Waals surface area contributed by atoms with E-state index in [1.807, 2.05) is 0 Å². The number of hydrogen-bond acceptors (Lipinski definition) is 50. The third-order valence-corrected chi connectivity index (χ3v) is 27.4. The van der Waals surface area contributed by atoms with Crippen LogP contribution in [0.15, 0.2) is 91.0 Å². The van der Waals surface area contributed by atoms with E-state index in [1.165, 1.54) is 0 Å². The number of aliphatic hydroxyl groups excluding tert-OH is 24. The molecule has 6 amide bonds. The van der Waals surface area contributed by atoms with Crippen LogP contribution in [0.2, 0.25) is 0 Å². The summed E-state index contributed by atoms with van der Waals surface area (Å²) in [5.74, 6) is -4.93. The quantitative estimate of drug-likeness (QED) is 0.0237. The lowest BCUT2D eigenvalue weighted by Crippen LogP contribution is -2.72. The maximum absolute atomic E-state index is 15.4. The van der Waals surface area contributed by atoms with Gasteiger partial charge in [-0.3, -0.25) is 28.8 Å². The number of rotatable bonds is 38. The monoisotopic (exact) mass is 2110 g/mol. The van der Waals surface area contributed by atoms with Crippen molar-refractivity contribution in [2.45, 2.75) is 347 Å². The number of carbonyl (C=O) groups is 7. The molecule has 0 radical (unpaired) electrons. The van der Waals surface area contributed by atoms with Crippen molar-refractivity contribution in [3.05, 3.63) is 108 Å². The molecule has 9 heterocycles. The van der Waals surface area contributed by atoms with Gasteiger partial charge in [-0.25, -0.2) is 4.79 Å². The van der Waals surface area contributed by atoms with E-state index in [0.717, 1.165) is 39.5 Å². The zero-order chi connectivity index (χ0) is 107. The van der Waals surface area contributed by atoms with Crippen LogP contribution in [0, 0.1) is 0 Å². The number of thioether (sulfide) groups is 1. The molecule has 55 nitrogen and oxygen atoms in total. The van der Waals surface area contributed by atoms with Gasteiger partial charge < -0.3 is 240 Å². The van der Waals surface area contributed by atoms with Crippen molar-refractivity contribution in [3.63, 3.8) is 0 Å². The van der Waals surface area contributed by atoms with Crippen LogP contribution < -0.4 is 31.9 Å². The third-order valence-electron chi connectivity index (χ3n) is 25.9. The summed E-state index contributed by atoms with van der Waals surface area (Å²) in [5, 5.41) is 286. The highest BCUT2D eigenvalue weighted by molar-refractivity contribution is 8.14. The maximum Gasteiger partial charge on any atom is 0.408 e. The molecule has 9 aliphatic rings. The Morgan fingerprint density at radius 3 is 0.966 bits per heavy atom. The summed E-state index contributed by atoms with van der Waals surface area (Å²) in [7, 11) is 0. The molecule has 0 bridgehead atoms. The largest absolute Gasteiger partial charge is 0.444 e. The summed E-state index contributed by atoms with van der Waals surface area (Å²) >= 11 is 0.766. The second kappa shape index (κ2) is 51.9. The Morgan fingerprint density at radius 2 is 0.603 bits per heavy atom. The average Bonchev–Trinajstić information content (AvgIpc) is 0.746. The predicted octanol–water partition coefficient (Wildman–Crippen LogP) is -14.4. The smallest absolute Gasteiger partial charge is 0.408 e. The minimum absolute atomic E-state index is 0.606. The zero-order valence-electron chi connectivity index (χ0n) is 79.6. The number of ether oxygens (including phenoxy) is 18. The molecule has 0 aromatic heterocycles. The maximum atomic E-state index is 15.4. The van der Waals surface area contributed by atoms with E-state index in [-0.39, 0.29) is 0 Å². The van der Waals surface area contributed by atoms with E-state index in [2.05, 4.69) is 31.9 Å². The Hall–Kier alpha value is -7.34. The van der Waals surface area contributed by atoms with Crippen LogP contribution in [0.1, 0.15) is 71.6 Å². The molecule has 146 heavy (non-hydrogen) atoms. The van der Waals surface area contributed by atoms with Crippen LogP contribution in [-0.2, 0) is 119 Å². The molecular weight excluding hydrogens is 1980 g/mol. The Morgan fingerprint density at radius 1 is 0.308 bits per heavy atom. The summed E-state index contributed by atoms with van der Waals surface area (Å²) in [6, 6.07) is 17.1. The fourth-order valence-electron chi connectivity index (χ4n) is 18.6. The third kappa shape index (κ3) is 26.9. The molecule has 12 rings (SSSR count). The number of aliphatic hydroxyl groups is 24. The lowest BCUT2D eigenvalue weighted by atomic mass is 9.84. The van der Waals surface area contributed by atoms with E-state index in [0.29, 0.717) is 16.7 Å². The highest BCUT2D eigenvalue weighted by atomic mass is 32.2. The average molecular weight is 2110 g/mol. The second-order valence-corrected chi connectivity index (χ2v) is 38.6. The zero-order valence-corrected chi connectivity index (χ0v) is 80.5. The van der Waals surface area contributed by atoms with Gasteiger partial charge in [0.05, 0.1) is 70.6 Å². The molecule has 0 aliphatic carbocycles. The van der Waals surface area contributed by atoms with E-state index in [4.69, 9.17) is 85.3 Å². The van der Waals surface area contributed by atoms with E-state index >= 15 is 4.79 Å². The van der Waals surface area contributed by atoms with Crippen LogP contribution in [0.5, 0.6) is 0 Å². The number of benzene rings is 3. The fraction of sp³-hybridized carbons (Fsp3) is 0.722. The van der Waals surface area contributed by atoms with Gasteiger partial charge in [0.2, 0.25) is 34.7 Å². The Balaban J connectivity index is 0.847.